The Morgan fingerprint density at radius 1 is 1.04 bits per heavy atom. The van der Waals surface area contributed by atoms with Gasteiger partial charge in [-0.1, -0.05) is 37.0 Å². The first-order valence-electron chi connectivity index (χ1n) is 7.65. The highest BCUT2D eigenvalue weighted by Gasteiger charge is 2.05. The molecule has 0 atom stereocenters. The second-order valence-electron chi connectivity index (χ2n) is 5.76. The fraction of sp³-hybridized carbons (Fsp3) is 0.278. The lowest BCUT2D eigenvalue weighted by molar-refractivity contribution is -0.114. The Hall–Kier alpha value is -1.91. The van der Waals surface area contributed by atoms with E-state index in [2.05, 4.69) is 24.5 Å². The third kappa shape index (κ3) is 5.95. The average Bonchev–Trinajstić information content (AvgIpc) is 2.55. The Bertz CT molecular complexity index is 688. The molecule has 0 aliphatic rings. The van der Waals surface area contributed by atoms with Crippen molar-refractivity contribution in [2.75, 3.05) is 23.8 Å². The summed E-state index contributed by atoms with van der Waals surface area (Å²) in [6, 6.07) is 12.4. The number of nitrogens with one attached hydrogen (secondary N) is 2. The van der Waals surface area contributed by atoms with Crippen LogP contribution < -0.4 is 15.4 Å². The minimum Gasteiger partial charge on any atom is -0.493 e. The van der Waals surface area contributed by atoms with E-state index >= 15 is 0 Å². The maximum absolute atomic E-state index is 12.0. The lowest BCUT2D eigenvalue weighted by Crippen LogP contribution is -2.21. The molecule has 24 heavy (non-hydrogen) atoms. The van der Waals surface area contributed by atoms with Gasteiger partial charge in [0, 0.05) is 11.4 Å². The summed E-state index contributed by atoms with van der Waals surface area (Å²) >= 11 is 11.8. The molecular weight excluding hydrogens is 347 g/mol. The van der Waals surface area contributed by atoms with E-state index in [1.165, 1.54) is 0 Å². The molecule has 2 aromatic rings. The number of carbonyl (C=O) groups excluding carboxylic acids is 1. The summed E-state index contributed by atoms with van der Waals surface area (Å²) in [6.45, 7) is 4.98. The molecule has 1 amide bonds. The van der Waals surface area contributed by atoms with E-state index in [1.54, 1.807) is 18.2 Å². The van der Waals surface area contributed by atoms with E-state index in [0.717, 1.165) is 11.4 Å². The molecule has 4 nitrogen and oxygen atoms in total. The third-order valence-electron chi connectivity index (χ3n) is 3.09. The van der Waals surface area contributed by atoms with Gasteiger partial charge in [0.05, 0.1) is 23.2 Å². The number of carbonyl (C=O) groups is 1. The standard InChI is InChI=1S/C18H20Cl2N2O2/c1-12(2)11-24-15-6-3-13(4-7-15)22-18(23)10-21-14-5-8-16(19)17(20)9-14/h3-9,12,21H,10-11H2,1-2H3,(H,22,23). The van der Waals surface area contributed by atoms with Gasteiger partial charge in [-0.25, -0.2) is 0 Å². The second-order valence-corrected chi connectivity index (χ2v) is 6.57. The van der Waals surface area contributed by atoms with Gasteiger partial charge in [-0.3, -0.25) is 4.79 Å². The van der Waals surface area contributed by atoms with Gasteiger partial charge in [-0.15, -0.1) is 0 Å². The zero-order chi connectivity index (χ0) is 17.5. The summed E-state index contributed by atoms with van der Waals surface area (Å²) in [5, 5.41) is 6.73. The Balaban J connectivity index is 1.82. The molecular formula is C18H20Cl2N2O2. The van der Waals surface area contributed by atoms with Crippen LogP contribution in [0.5, 0.6) is 5.75 Å². The maximum Gasteiger partial charge on any atom is 0.243 e. The highest BCUT2D eigenvalue weighted by molar-refractivity contribution is 6.42. The minimum absolute atomic E-state index is 0.129. The highest BCUT2D eigenvalue weighted by atomic mass is 35.5. The van der Waals surface area contributed by atoms with Crippen molar-refractivity contribution in [2.45, 2.75) is 13.8 Å². The summed E-state index contributed by atoms with van der Waals surface area (Å²) in [7, 11) is 0. The first kappa shape index (κ1) is 18.4. The largest absolute Gasteiger partial charge is 0.493 e. The van der Waals surface area contributed by atoms with Gasteiger partial charge in [0.15, 0.2) is 0 Å². The second kappa shape index (κ2) is 8.81. The van der Waals surface area contributed by atoms with Crippen LogP contribution in [0.4, 0.5) is 11.4 Å². The topological polar surface area (TPSA) is 50.4 Å². The molecule has 0 fully saturated rings. The van der Waals surface area contributed by atoms with Crippen LogP contribution in [0, 0.1) is 5.92 Å². The maximum atomic E-state index is 12.0. The van der Waals surface area contributed by atoms with Crippen molar-refractivity contribution in [2.24, 2.45) is 5.92 Å². The summed E-state index contributed by atoms with van der Waals surface area (Å²) in [5.74, 6) is 1.10. The van der Waals surface area contributed by atoms with E-state index in [1.807, 2.05) is 24.3 Å². The van der Waals surface area contributed by atoms with Crippen LogP contribution in [0.2, 0.25) is 10.0 Å². The molecule has 0 aliphatic heterocycles. The predicted octanol–water partition coefficient (Wildman–Crippen LogP) is 5.08. The number of anilines is 2. The van der Waals surface area contributed by atoms with Crippen molar-refractivity contribution < 1.29 is 9.53 Å². The molecule has 0 aromatic heterocycles. The first-order valence-corrected chi connectivity index (χ1v) is 8.41. The van der Waals surface area contributed by atoms with Gasteiger partial charge in [0.25, 0.3) is 0 Å². The van der Waals surface area contributed by atoms with Crippen molar-refractivity contribution in [1.29, 1.82) is 0 Å². The minimum atomic E-state index is -0.156. The predicted molar refractivity (Wildman–Crippen MR) is 100 cm³/mol. The summed E-state index contributed by atoms with van der Waals surface area (Å²) in [6.07, 6.45) is 0. The smallest absolute Gasteiger partial charge is 0.243 e. The van der Waals surface area contributed by atoms with E-state index in [4.69, 9.17) is 27.9 Å². The van der Waals surface area contributed by atoms with Crippen molar-refractivity contribution in [1.82, 2.24) is 0 Å². The molecule has 0 unspecified atom stereocenters. The highest BCUT2D eigenvalue weighted by Crippen LogP contribution is 2.24. The van der Waals surface area contributed by atoms with Crippen LogP contribution in [-0.2, 0) is 4.79 Å². The van der Waals surface area contributed by atoms with Crippen LogP contribution >= 0.6 is 23.2 Å². The van der Waals surface area contributed by atoms with Gasteiger partial charge in [0.1, 0.15) is 5.75 Å². The van der Waals surface area contributed by atoms with Crippen LogP contribution in [0.3, 0.4) is 0 Å². The molecule has 2 rings (SSSR count). The molecule has 6 heteroatoms. The van der Waals surface area contributed by atoms with E-state index < -0.39 is 0 Å². The normalized spacial score (nSPS) is 10.5. The monoisotopic (exact) mass is 366 g/mol. The van der Waals surface area contributed by atoms with Gasteiger partial charge in [-0.2, -0.15) is 0 Å². The molecule has 0 saturated carbocycles. The number of rotatable bonds is 7. The lowest BCUT2D eigenvalue weighted by atomic mass is 10.2. The van der Waals surface area contributed by atoms with Gasteiger partial charge in [0.2, 0.25) is 5.91 Å². The van der Waals surface area contributed by atoms with E-state index in [9.17, 15) is 4.79 Å². The first-order chi connectivity index (χ1) is 11.4. The fourth-order valence-corrected chi connectivity index (χ4v) is 2.19. The van der Waals surface area contributed by atoms with E-state index in [-0.39, 0.29) is 12.5 Å². The van der Waals surface area contributed by atoms with Gasteiger partial charge >= 0.3 is 0 Å². The number of ether oxygens (including phenoxy) is 1. The molecule has 0 aliphatic carbocycles. The molecule has 0 saturated heterocycles. The number of benzene rings is 2. The Morgan fingerprint density at radius 2 is 1.71 bits per heavy atom. The molecule has 2 aromatic carbocycles. The number of hydrogen-bond acceptors (Lipinski definition) is 3. The molecule has 2 N–H and O–H groups in total. The lowest BCUT2D eigenvalue weighted by Gasteiger charge is -2.11. The van der Waals surface area contributed by atoms with Gasteiger partial charge < -0.3 is 15.4 Å². The SMILES string of the molecule is CC(C)COc1ccc(NC(=O)CNc2ccc(Cl)c(Cl)c2)cc1. The van der Waals surface area contributed by atoms with Crippen molar-refractivity contribution in [3.05, 3.63) is 52.5 Å². The van der Waals surface area contributed by atoms with Crippen LogP contribution in [0.25, 0.3) is 0 Å². The average molecular weight is 367 g/mol. The molecule has 0 radical (unpaired) electrons. The van der Waals surface area contributed by atoms with Crippen molar-refractivity contribution in [3.8, 4) is 5.75 Å². The Labute approximate surface area is 152 Å². The van der Waals surface area contributed by atoms with Crippen molar-refractivity contribution >= 4 is 40.5 Å². The zero-order valence-electron chi connectivity index (χ0n) is 13.6. The Morgan fingerprint density at radius 3 is 2.33 bits per heavy atom. The third-order valence-corrected chi connectivity index (χ3v) is 3.83. The summed E-state index contributed by atoms with van der Waals surface area (Å²) < 4.78 is 5.61. The number of halogens is 2. The number of amides is 1. The van der Waals surface area contributed by atoms with Crippen LogP contribution in [0.1, 0.15) is 13.8 Å². The zero-order valence-corrected chi connectivity index (χ0v) is 15.1. The van der Waals surface area contributed by atoms with Crippen molar-refractivity contribution in [3.63, 3.8) is 0 Å². The van der Waals surface area contributed by atoms with Crippen LogP contribution in [-0.4, -0.2) is 19.1 Å². The molecule has 128 valence electrons. The fourth-order valence-electron chi connectivity index (χ4n) is 1.89. The summed E-state index contributed by atoms with van der Waals surface area (Å²) in [5.41, 5.74) is 1.45. The molecule has 0 bridgehead atoms. The summed E-state index contributed by atoms with van der Waals surface area (Å²) in [4.78, 5) is 12.0. The molecule has 0 spiro atoms. The number of hydrogen-bond donors (Lipinski definition) is 2. The van der Waals surface area contributed by atoms with Crippen LogP contribution in [0.15, 0.2) is 42.5 Å². The van der Waals surface area contributed by atoms with Gasteiger partial charge in [-0.05, 0) is 48.4 Å². The quantitative estimate of drug-likeness (QED) is 0.718. The van der Waals surface area contributed by atoms with E-state index in [0.29, 0.717) is 28.3 Å². The molecule has 0 heterocycles. The Kier molecular flexibility index (Phi) is 6.76.